The molecule has 5 rings (SSSR count). The van der Waals surface area contributed by atoms with E-state index in [0.29, 0.717) is 0 Å². The molecule has 0 N–H and O–H groups in total. The van der Waals surface area contributed by atoms with Gasteiger partial charge in [-0.1, -0.05) is 91.0 Å². The number of allylic oxidation sites excluding steroid dienone is 2. The Balaban J connectivity index is 1.76. The second-order valence-electron chi connectivity index (χ2n) is 7.01. The number of benzene rings is 3. The minimum Gasteiger partial charge on any atom is -0.294 e. The summed E-state index contributed by atoms with van der Waals surface area (Å²) >= 11 is 0. The Labute approximate surface area is 147 Å². The van der Waals surface area contributed by atoms with E-state index in [0.717, 1.165) is 23.1 Å². The van der Waals surface area contributed by atoms with E-state index in [1.807, 2.05) is 48.5 Å². The molecule has 0 bridgehead atoms. The molecule has 2 aliphatic rings. The molecular formula is C24H18O. The molecule has 3 aromatic carbocycles. The maximum atomic E-state index is 13.2. The van der Waals surface area contributed by atoms with Crippen molar-refractivity contribution in [2.45, 2.75) is 17.3 Å². The molecular weight excluding hydrogens is 304 g/mol. The maximum Gasteiger partial charge on any atom is 0.167 e. The Morgan fingerprint density at radius 1 is 0.600 bits per heavy atom. The van der Waals surface area contributed by atoms with Gasteiger partial charge in [0.2, 0.25) is 0 Å². The van der Waals surface area contributed by atoms with Crippen molar-refractivity contribution in [2.24, 2.45) is 0 Å². The van der Waals surface area contributed by atoms with Crippen LogP contribution in [0.2, 0.25) is 0 Å². The molecule has 0 radical (unpaired) electrons. The highest BCUT2D eigenvalue weighted by molar-refractivity contribution is 6.18. The zero-order valence-corrected chi connectivity index (χ0v) is 13.9. The standard InChI is InChI=1S/C24H18O/c25-22-16-21(18-10-4-1-5-11-18)23(19-12-6-2-7-13-19)17-24(22,23)20-14-8-3-9-15-20/h1-16H,17H2/t23-,24+/m1/s1. The lowest BCUT2D eigenvalue weighted by Gasteiger charge is -2.23. The van der Waals surface area contributed by atoms with E-state index in [9.17, 15) is 4.79 Å². The van der Waals surface area contributed by atoms with Crippen LogP contribution >= 0.6 is 0 Å². The van der Waals surface area contributed by atoms with Crippen LogP contribution in [-0.4, -0.2) is 5.78 Å². The molecule has 120 valence electrons. The normalized spacial score (nSPS) is 26.9. The topological polar surface area (TPSA) is 17.1 Å². The average molecular weight is 322 g/mol. The molecule has 0 spiro atoms. The van der Waals surface area contributed by atoms with Gasteiger partial charge in [-0.25, -0.2) is 0 Å². The Kier molecular flexibility index (Phi) is 2.90. The van der Waals surface area contributed by atoms with Gasteiger partial charge in [0.05, 0.1) is 5.41 Å². The average Bonchev–Trinajstić information content (AvgIpc) is 3.34. The molecule has 0 aromatic heterocycles. The third-order valence-electron chi connectivity index (χ3n) is 5.91. The van der Waals surface area contributed by atoms with Gasteiger partial charge in [-0.2, -0.15) is 0 Å². The molecule has 0 aliphatic heterocycles. The van der Waals surface area contributed by atoms with Crippen LogP contribution in [0, 0.1) is 0 Å². The molecule has 0 saturated heterocycles. The number of hydrogen-bond acceptors (Lipinski definition) is 1. The van der Waals surface area contributed by atoms with Crippen molar-refractivity contribution >= 4 is 11.4 Å². The fourth-order valence-electron chi connectivity index (χ4n) is 4.74. The Morgan fingerprint density at radius 3 is 1.64 bits per heavy atom. The molecule has 0 amide bonds. The molecule has 1 heteroatoms. The molecule has 25 heavy (non-hydrogen) atoms. The van der Waals surface area contributed by atoms with Crippen molar-refractivity contribution in [3.8, 4) is 0 Å². The lowest BCUT2D eigenvalue weighted by molar-refractivity contribution is -0.116. The highest BCUT2D eigenvalue weighted by atomic mass is 16.1. The van der Waals surface area contributed by atoms with Crippen molar-refractivity contribution in [1.82, 2.24) is 0 Å². The number of ketones is 1. The summed E-state index contributed by atoms with van der Waals surface area (Å²) in [6.07, 6.45) is 2.74. The smallest absolute Gasteiger partial charge is 0.167 e. The minimum absolute atomic E-state index is 0.237. The van der Waals surface area contributed by atoms with Gasteiger partial charge in [0.15, 0.2) is 5.78 Å². The number of fused-ring (bicyclic) bond motifs is 1. The van der Waals surface area contributed by atoms with Crippen LogP contribution in [0.15, 0.2) is 97.1 Å². The lowest BCUT2D eigenvalue weighted by Crippen LogP contribution is -2.25. The summed E-state index contributed by atoms with van der Waals surface area (Å²) in [5.41, 5.74) is 3.99. The number of rotatable bonds is 3. The quantitative estimate of drug-likeness (QED) is 0.668. The van der Waals surface area contributed by atoms with Crippen molar-refractivity contribution in [3.63, 3.8) is 0 Å². The highest BCUT2D eigenvalue weighted by Gasteiger charge is 2.76. The SMILES string of the molecule is O=C1C=C(c2ccccc2)[C@]2(c3ccccc3)C[C@]12c1ccccc1. The lowest BCUT2D eigenvalue weighted by atomic mass is 9.78. The predicted molar refractivity (Wildman–Crippen MR) is 100 cm³/mol. The van der Waals surface area contributed by atoms with E-state index < -0.39 is 5.41 Å². The van der Waals surface area contributed by atoms with E-state index in [1.54, 1.807) is 0 Å². The van der Waals surface area contributed by atoms with Gasteiger partial charge in [0, 0.05) is 5.41 Å². The summed E-state index contributed by atoms with van der Waals surface area (Å²) < 4.78 is 0. The van der Waals surface area contributed by atoms with Gasteiger partial charge < -0.3 is 0 Å². The van der Waals surface area contributed by atoms with Crippen LogP contribution < -0.4 is 0 Å². The Bertz CT molecular complexity index is 972. The fraction of sp³-hybridized carbons (Fsp3) is 0.125. The van der Waals surface area contributed by atoms with Crippen LogP contribution in [0.1, 0.15) is 23.1 Å². The first-order valence-corrected chi connectivity index (χ1v) is 8.72. The molecule has 1 fully saturated rings. The summed E-state index contributed by atoms with van der Waals surface area (Å²) in [5.74, 6) is 0.237. The van der Waals surface area contributed by atoms with Crippen molar-refractivity contribution in [1.29, 1.82) is 0 Å². The van der Waals surface area contributed by atoms with Gasteiger partial charge in [-0.05, 0) is 34.8 Å². The van der Waals surface area contributed by atoms with Gasteiger partial charge in [0.1, 0.15) is 0 Å². The molecule has 2 atom stereocenters. The van der Waals surface area contributed by atoms with Crippen LogP contribution in [0.4, 0.5) is 0 Å². The Hall–Kier alpha value is -2.93. The van der Waals surface area contributed by atoms with Crippen molar-refractivity contribution < 1.29 is 4.79 Å². The zero-order valence-electron chi connectivity index (χ0n) is 13.9. The number of carbonyl (C=O) groups excluding carboxylic acids is 1. The maximum absolute atomic E-state index is 13.2. The van der Waals surface area contributed by atoms with Crippen LogP contribution in [0.25, 0.3) is 5.57 Å². The van der Waals surface area contributed by atoms with Crippen LogP contribution in [-0.2, 0) is 15.6 Å². The molecule has 2 aliphatic carbocycles. The van der Waals surface area contributed by atoms with E-state index in [-0.39, 0.29) is 11.2 Å². The zero-order chi connectivity index (χ0) is 16.9. The first kappa shape index (κ1) is 14.4. The molecule has 1 saturated carbocycles. The van der Waals surface area contributed by atoms with Gasteiger partial charge in [-0.15, -0.1) is 0 Å². The monoisotopic (exact) mass is 322 g/mol. The molecule has 0 unspecified atom stereocenters. The highest BCUT2D eigenvalue weighted by Crippen LogP contribution is 2.74. The molecule has 1 nitrogen and oxygen atoms in total. The summed E-state index contributed by atoms with van der Waals surface area (Å²) in [5, 5.41) is 0. The summed E-state index contributed by atoms with van der Waals surface area (Å²) in [7, 11) is 0. The molecule has 0 heterocycles. The minimum atomic E-state index is -0.444. The fourth-order valence-corrected chi connectivity index (χ4v) is 4.74. The van der Waals surface area contributed by atoms with Gasteiger partial charge >= 0.3 is 0 Å². The predicted octanol–water partition coefficient (Wildman–Crippen LogP) is 4.93. The third-order valence-corrected chi connectivity index (χ3v) is 5.91. The second-order valence-corrected chi connectivity index (χ2v) is 7.01. The summed E-state index contributed by atoms with van der Waals surface area (Å²) in [6, 6.07) is 31.1. The Morgan fingerprint density at radius 2 is 1.08 bits per heavy atom. The van der Waals surface area contributed by atoms with E-state index in [1.165, 1.54) is 5.56 Å². The number of carbonyl (C=O) groups is 1. The first-order chi connectivity index (χ1) is 12.3. The second kappa shape index (κ2) is 5.03. The largest absolute Gasteiger partial charge is 0.294 e. The van der Waals surface area contributed by atoms with Gasteiger partial charge in [-0.3, -0.25) is 4.79 Å². The van der Waals surface area contributed by atoms with Crippen LogP contribution in [0.3, 0.4) is 0 Å². The van der Waals surface area contributed by atoms with E-state index in [4.69, 9.17) is 0 Å². The summed E-state index contributed by atoms with van der Waals surface area (Å²) in [4.78, 5) is 13.2. The number of hydrogen-bond donors (Lipinski definition) is 0. The van der Waals surface area contributed by atoms with Crippen molar-refractivity contribution in [3.05, 3.63) is 114 Å². The van der Waals surface area contributed by atoms with E-state index in [2.05, 4.69) is 48.5 Å². The van der Waals surface area contributed by atoms with Gasteiger partial charge in [0.25, 0.3) is 0 Å². The summed E-state index contributed by atoms with van der Waals surface area (Å²) in [6.45, 7) is 0. The van der Waals surface area contributed by atoms with Crippen LogP contribution in [0.5, 0.6) is 0 Å². The first-order valence-electron chi connectivity index (χ1n) is 8.72. The van der Waals surface area contributed by atoms with Crippen molar-refractivity contribution in [2.75, 3.05) is 0 Å². The third kappa shape index (κ3) is 1.76. The molecule has 3 aromatic rings. The van der Waals surface area contributed by atoms with E-state index >= 15 is 0 Å².